The Kier molecular flexibility index (Phi) is 5.03. The van der Waals surface area contributed by atoms with E-state index in [4.69, 9.17) is 4.74 Å². The maximum absolute atomic E-state index is 13.4. The summed E-state index contributed by atoms with van der Waals surface area (Å²) in [6, 6.07) is 19.6. The Bertz CT molecular complexity index is 1300. The van der Waals surface area contributed by atoms with Crippen molar-refractivity contribution in [3.8, 4) is 5.75 Å². The minimum Gasteiger partial charge on any atom is -0.497 e. The topological polar surface area (TPSA) is 89.3 Å². The van der Waals surface area contributed by atoms with Gasteiger partial charge in [0.15, 0.2) is 0 Å². The van der Waals surface area contributed by atoms with Crippen LogP contribution in [0.2, 0.25) is 0 Å². The van der Waals surface area contributed by atoms with E-state index in [0.29, 0.717) is 17.4 Å². The zero-order chi connectivity index (χ0) is 22.1. The summed E-state index contributed by atoms with van der Waals surface area (Å²) in [5, 5.41) is 2.86. The van der Waals surface area contributed by atoms with Crippen LogP contribution in [0.1, 0.15) is 18.2 Å². The number of carbonyl (C=O) groups excluding carboxylic acids is 2. The number of imidazole rings is 1. The number of fused-ring (bicyclic) bond motifs is 3. The number of amides is 2. The molecule has 0 radical (unpaired) electrons. The molecule has 4 aromatic rings. The maximum Gasteiger partial charge on any atom is 0.253 e. The third-order valence-electron chi connectivity index (χ3n) is 5.46. The predicted octanol–water partition coefficient (Wildman–Crippen LogP) is 3.56. The first-order chi connectivity index (χ1) is 15.6. The van der Waals surface area contributed by atoms with Crippen molar-refractivity contribution in [3.05, 3.63) is 78.6 Å². The van der Waals surface area contributed by atoms with E-state index in [2.05, 4.69) is 15.3 Å². The molecule has 2 aromatic carbocycles. The molecule has 1 atom stereocenters. The predicted molar refractivity (Wildman–Crippen MR) is 120 cm³/mol. The molecule has 32 heavy (non-hydrogen) atoms. The van der Waals surface area contributed by atoms with Crippen LogP contribution in [-0.4, -0.2) is 33.5 Å². The summed E-state index contributed by atoms with van der Waals surface area (Å²) in [4.78, 5) is 36.9. The highest BCUT2D eigenvalue weighted by molar-refractivity contribution is 6.05. The summed E-state index contributed by atoms with van der Waals surface area (Å²) in [6.45, 7) is 0.289. The van der Waals surface area contributed by atoms with Gasteiger partial charge in [-0.3, -0.25) is 24.0 Å². The summed E-state index contributed by atoms with van der Waals surface area (Å²) in [5.41, 5.74) is 2.96. The first-order valence-electron chi connectivity index (χ1n) is 10.3. The summed E-state index contributed by atoms with van der Waals surface area (Å²) in [5.74, 6) is 0.731. The molecule has 0 aliphatic carbocycles. The molecule has 3 heterocycles. The van der Waals surface area contributed by atoms with Gasteiger partial charge in [0, 0.05) is 18.0 Å². The Morgan fingerprint density at radius 1 is 1.09 bits per heavy atom. The number of pyridine rings is 1. The number of hydrogen-bond donors (Lipinski definition) is 1. The van der Waals surface area contributed by atoms with Gasteiger partial charge in [-0.15, -0.1) is 0 Å². The van der Waals surface area contributed by atoms with Crippen molar-refractivity contribution in [3.63, 3.8) is 0 Å². The summed E-state index contributed by atoms with van der Waals surface area (Å²) in [6.07, 6.45) is 1.68. The first kappa shape index (κ1) is 19.7. The van der Waals surface area contributed by atoms with Crippen LogP contribution in [0.5, 0.6) is 5.75 Å². The number of hydrogen-bond acceptors (Lipinski definition) is 5. The van der Waals surface area contributed by atoms with Gasteiger partial charge in [-0.05, 0) is 36.4 Å². The lowest BCUT2D eigenvalue weighted by Gasteiger charge is -2.15. The van der Waals surface area contributed by atoms with Crippen LogP contribution >= 0.6 is 0 Å². The molecular formula is C24H21N5O3. The molecule has 1 aliphatic rings. The van der Waals surface area contributed by atoms with Crippen LogP contribution in [0.25, 0.3) is 11.0 Å². The second-order valence-corrected chi connectivity index (χ2v) is 7.52. The summed E-state index contributed by atoms with van der Waals surface area (Å²) < 4.78 is 7.06. The van der Waals surface area contributed by atoms with Crippen molar-refractivity contribution in [1.29, 1.82) is 0 Å². The van der Waals surface area contributed by atoms with Crippen LogP contribution in [0.3, 0.4) is 0 Å². The second kappa shape index (κ2) is 8.14. The van der Waals surface area contributed by atoms with Crippen molar-refractivity contribution in [1.82, 2.24) is 14.5 Å². The highest BCUT2D eigenvalue weighted by Gasteiger charge is 2.41. The molecule has 0 saturated heterocycles. The average molecular weight is 427 g/mol. The van der Waals surface area contributed by atoms with E-state index >= 15 is 0 Å². The molecule has 0 fully saturated rings. The smallest absolute Gasteiger partial charge is 0.253 e. The van der Waals surface area contributed by atoms with Gasteiger partial charge in [0.1, 0.15) is 11.8 Å². The van der Waals surface area contributed by atoms with Gasteiger partial charge < -0.3 is 10.1 Å². The molecule has 1 aliphatic heterocycles. The molecule has 5 rings (SSSR count). The van der Waals surface area contributed by atoms with Gasteiger partial charge in [0.25, 0.3) is 5.91 Å². The Morgan fingerprint density at radius 3 is 2.75 bits per heavy atom. The Labute approximate surface area is 184 Å². The van der Waals surface area contributed by atoms with Gasteiger partial charge in [-0.25, -0.2) is 4.98 Å². The number of carbonyl (C=O) groups is 2. The quantitative estimate of drug-likeness (QED) is 0.508. The standard InChI is InChI=1S/C24H21N5O3/c1-32-18-9-6-8-16(13-18)26-22(30)14-21-23(31)28(15-17-7-4-5-12-25-17)24-27-19-10-2-3-11-20(19)29(21)24/h2-13,21H,14-15H2,1H3,(H,26,30)/t21-/m1/s1. The Balaban J connectivity index is 1.45. The second-order valence-electron chi connectivity index (χ2n) is 7.52. The number of anilines is 2. The fourth-order valence-electron chi connectivity index (χ4n) is 3.99. The molecule has 8 heteroatoms. The molecule has 8 nitrogen and oxygen atoms in total. The van der Waals surface area contributed by atoms with Gasteiger partial charge in [0.05, 0.1) is 36.8 Å². The number of benzene rings is 2. The van der Waals surface area contributed by atoms with E-state index in [9.17, 15) is 9.59 Å². The number of aromatic nitrogens is 3. The van der Waals surface area contributed by atoms with Gasteiger partial charge >= 0.3 is 0 Å². The Morgan fingerprint density at radius 2 is 1.94 bits per heavy atom. The minimum absolute atomic E-state index is 0.0118. The van der Waals surface area contributed by atoms with Crippen molar-refractivity contribution in [2.45, 2.75) is 19.0 Å². The number of nitrogens with zero attached hydrogens (tertiary/aromatic N) is 4. The van der Waals surface area contributed by atoms with E-state index in [0.717, 1.165) is 16.7 Å². The van der Waals surface area contributed by atoms with E-state index in [1.165, 1.54) is 0 Å². The normalized spacial score (nSPS) is 15.1. The van der Waals surface area contributed by atoms with E-state index < -0.39 is 6.04 Å². The van der Waals surface area contributed by atoms with Gasteiger partial charge in [0.2, 0.25) is 11.9 Å². The third-order valence-corrected chi connectivity index (χ3v) is 5.46. The molecule has 0 saturated carbocycles. The van der Waals surface area contributed by atoms with Crippen LogP contribution in [0.15, 0.2) is 72.9 Å². The largest absolute Gasteiger partial charge is 0.497 e. The molecule has 1 N–H and O–H groups in total. The lowest BCUT2D eigenvalue weighted by Crippen LogP contribution is -2.31. The van der Waals surface area contributed by atoms with Crippen molar-refractivity contribution < 1.29 is 14.3 Å². The number of para-hydroxylation sites is 2. The zero-order valence-electron chi connectivity index (χ0n) is 17.4. The highest BCUT2D eigenvalue weighted by atomic mass is 16.5. The average Bonchev–Trinajstić information content (AvgIpc) is 3.30. The van der Waals surface area contributed by atoms with Gasteiger partial charge in [-0.2, -0.15) is 0 Å². The van der Waals surface area contributed by atoms with Crippen LogP contribution in [0, 0.1) is 0 Å². The number of methoxy groups -OCH3 is 1. The monoisotopic (exact) mass is 427 g/mol. The van der Waals surface area contributed by atoms with Crippen molar-refractivity contribution >= 4 is 34.5 Å². The van der Waals surface area contributed by atoms with Crippen LogP contribution < -0.4 is 15.0 Å². The highest BCUT2D eigenvalue weighted by Crippen LogP contribution is 2.37. The first-order valence-corrected chi connectivity index (χ1v) is 10.3. The minimum atomic E-state index is -0.688. The summed E-state index contributed by atoms with van der Waals surface area (Å²) >= 11 is 0. The molecule has 0 bridgehead atoms. The number of rotatable bonds is 6. The molecule has 2 amide bonds. The third kappa shape index (κ3) is 3.56. The fraction of sp³-hybridized carbons (Fsp3) is 0.167. The van der Waals surface area contributed by atoms with Gasteiger partial charge in [-0.1, -0.05) is 24.3 Å². The lowest BCUT2D eigenvalue weighted by molar-refractivity contribution is -0.124. The lowest BCUT2D eigenvalue weighted by atomic mass is 10.1. The van der Waals surface area contributed by atoms with E-state index in [-0.39, 0.29) is 24.8 Å². The van der Waals surface area contributed by atoms with Crippen LogP contribution in [-0.2, 0) is 16.1 Å². The zero-order valence-corrected chi connectivity index (χ0v) is 17.4. The fourth-order valence-corrected chi connectivity index (χ4v) is 3.99. The molecule has 0 spiro atoms. The molecule has 2 aromatic heterocycles. The molecular weight excluding hydrogens is 406 g/mol. The maximum atomic E-state index is 13.4. The number of ether oxygens (including phenoxy) is 1. The molecule has 0 unspecified atom stereocenters. The molecule has 160 valence electrons. The van der Waals surface area contributed by atoms with E-state index in [1.807, 2.05) is 47.0 Å². The van der Waals surface area contributed by atoms with Crippen molar-refractivity contribution in [2.24, 2.45) is 0 Å². The Hall–Kier alpha value is -4.20. The number of nitrogens with one attached hydrogen (secondary N) is 1. The van der Waals surface area contributed by atoms with Crippen LogP contribution in [0.4, 0.5) is 11.6 Å². The summed E-state index contributed by atoms with van der Waals surface area (Å²) in [7, 11) is 1.57. The van der Waals surface area contributed by atoms with Crippen molar-refractivity contribution in [2.75, 3.05) is 17.3 Å². The van der Waals surface area contributed by atoms with E-state index in [1.54, 1.807) is 42.5 Å². The SMILES string of the molecule is COc1cccc(NC(=O)C[C@@H]2C(=O)N(Cc3ccccn3)c3nc4ccccc4n32)c1.